The van der Waals surface area contributed by atoms with Gasteiger partial charge in [-0.15, -0.1) is 0 Å². The van der Waals surface area contributed by atoms with Gasteiger partial charge in [-0.05, 0) is 41.3 Å². The molecule has 0 saturated carbocycles. The van der Waals surface area contributed by atoms with Gasteiger partial charge in [0.15, 0.2) is 5.82 Å². The van der Waals surface area contributed by atoms with Crippen molar-refractivity contribution in [3.05, 3.63) is 89.5 Å². The van der Waals surface area contributed by atoms with E-state index < -0.39 is 0 Å². The number of benzene rings is 3. The molecule has 0 amide bonds. The number of methoxy groups -OCH3 is 1. The average Bonchev–Trinajstić information content (AvgIpc) is 3.12. The summed E-state index contributed by atoms with van der Waals surface area (Å²) in [7, 11) is 1.38. The second-order valence-corrected chi connectivity index (χ2v) is 7.21. The number of rotatable bonds is 6. The van der Waals surface area contributed by atoms with Crippen molar-refractivity contribution in [2.45, 2.75) is 26.3 Å². The summed E-state index contributed by atoms with van der Waals surface area (Å²) in [5.41, 5.74) is 4.61. The molecule has 0 fully saturated rings. The van der Waals surface area contributed by atoms with E-state index in [4.69, 9.17) is 4.74 Å². The Morgan fingerprint density at radius 2 is 1.80 bits per heavy atom. The third-order valence-electron chi connectivity index (χ3n) is 5.22. The van der Waals surface area contributed by atoms with Gasteiger partial charge in [-0.1, -0.05) is 55.5 Å². The van der Waals surface area contributed by atoms with Crippen LogP contribution >= 0.6 is 0 Å². The molecular formula is C25H23FN2O2. The zero-order valence-corrected chi connectivity index (χ0v) is 17.1. The lowest BCUT2D eigenvalue weighted by Gasteiger charge is -2.11. The molecule has 0 saturated heterocycles. The van der Waals surface area contributed by atoms with Gasteiger partial charge in [-0.2, -0.15) is 0 Å². The highest BCUT2D eigenvalue weighted by atomic mass is 19.1. The Morgan fingerprint density at radius 1 is 1.03 bits per heavy atom. The van der Waals surface area contributed by atoms with Crippen molar-refractivity contribution in [2.24, 2.45) is 0 Å². The van der Waals surface area contributed by atoms with Gasteiger partial charge in [0.05, 0.1) is 18.2 Å². The highest BCUT2D eigenvalue weighted by Crippen LogP contribution is 2.26. The van der Waals surface area contributed by atoms with Crippen molar-refractivity contribution in [3.8, 4) is 11.1 Å². The van der Waals surface area contributed by atoms with Crippen LogP contribution in [-0.2, 0) is 17.7 Å². The number of ether oxygens (including phenoxy) is 1. The highest BCUT2D eigenvalue weighted by Gasteiger charge is 2.15. The number of para-hydroxylation sites is 1. The lowest BCUT2D eigenvalue weighted by molar-refractivity contribution is 0.0601. The quantitative estimate of drug-likeness (QED) is 0.393. The molecular weight excluding hydrogens is 379 g/mol. The molecule has 1 heterocycles. The van der Waals surface area contributed by atoms with Gasteiger partial charge in [0.2, 0.25) is 0 Å². The van der Waals surface area contributed by atoms with Crippen molar-refractivity contribution >= 4 is 17.0 Å². The molecule has 0 atom stereocenters. The van der Waals surface area contributed by atoms with E-state index in [9.17, 15) is 9.18 Å². The van der Waals surface area contributed by atoms with E-state index in [-0.39, 0.29) is 11.8 Å². The SMILES string of the molecule is CCCc1nc2c(F)cccc2n1Cc1ccc(-c2ccccc2C(=O)OC)cc1. The second kappa shape index (κ2) is 8.49. The number of aromatic nitrogens is 2. The van der Waals surface area contributed by atoms with E-state index in [0.717, 1.165) is 40.9 Å². The molecule has 5 heteroatoms. The van der Waals surface area contributed by atoms with Crippen molar-refractivity contribution in [2.75, 3.05) is 7.11 Å². The van der Waals surface area contributed by atoms with Gasteiger partial charge >= 0.3 is 5.97 Å². The van der Waals surface area contributed by atoms with E-state index in [1.54, 1.807) is 12.1 Å². The monoisotopic (exact) mass is 402 g/mol. The van der Waals surface area contributed by atoms with Crippen LogP contribution in [0.1, 0.15) is 35.1 Å². The summed E-state index contributed by atoms with van der Waals surface area (Å²) in [6, 6.07) is 20.5. The summed E-state index contributed by atoms with van der Waals surface area (Å²) in [5.74, 6) is 0.238. The van der Waals surface area contributed by atoms with Gasteiger partial charge < -0.3 is 9.30 Å². The Bertz CT molecular complexity index is 1200. The number of imidazole rings is 1. The molecule has 0 radical (unpaired) electrons. The number of hydrogen-bond donors (Lipinski definition) is 0. The minimum atomic E-state index is -0.356. The summed E-state index contributed by atoms with van der Waals surface area (Å²) >= 11 is 0. The Hall–Kier alpha value is -3.47. The molecule has 0 aliphatic rings. The van der Waals surface area contributed by atoms with Crippen molar-refractivity contribution in [3.63, 3.8) is 0 Å². The molecule has 0 aliphatic heterocycles. The fraction of sp³-hybridized carbons (Fsp3) is 0.200. The molecule has 4 aromatic rings. The van der Waals surface area contributed by atoms with Gasteiger partial charge in [0.1, 0.15) is 11.3 Å². The number of carbonyl (C=O) groups is 1. The number of fused-ring (bicyclic) bond motifs is 1. The fourth-order valence-electron chi connectivity index (χ4n) is 3.75. The van der Waals surface area contributed by atoms with Crippen LogP contribution in [0.5, 0.6) is 0 Å². The van der Waals surface area contributed by atoms with Crippen LogP contribution in [0.15, 0.2) is 66.7 Å². The van der Waals surface area contributed by atoms with Crippen LogP contribution in [0.4, 0.5) is 4.39 Å². The summed E-state index contributed by atoms with van der Waals surface area (Å²) < 4.78 is 21.2. The lowest BCUT2D eigenvalue weighted by atomic mass is 9.98. The van der Waals surface area contributed by atoms with Crippen LogP contribution in [-0.4, -0.2) is 22.6 Å². The maximum Gasteiger partial charge on any atom is 0.338 e. The van der Waals surface area contributed by atoms with E-state index in [2.05, 4.69) is 16.5 Å². The van der Waals surface area contributed by atoms with Crippen LogP contribution in [0, 0.1) is 5.82 Å². The van der Waals surface area contributed by atoms with Crippen LogP contribution in [0.2, 0.25) is 0 Å². The number of halogens is 1. The predicted octanol–water partition coefficient (Wildman–Crippen LogP) is 5.63. The Labute approximate surface area is 174 Å². The van der Waals surface area contributed by atoms with Crippen LogP contribution < -0.4 is 0 Å². The molecule has 0 spiro atoms. The normalized spacial score (nSPS) is 11.0. The zero-order chi connectivity index (χ0) is 21.1. The summed E-state index contributed by atoms with van der Waals surface area (Å²) in [6.07, 6.45) is 1.73. The molecule has 152 valence electrons. The second-order valence-electron chi connectivity index (χ2n) is 7.21. The number of nitrogens with zero attached hydrogens (tertiary/aromatic N) is 2. The maximum absolute atomic E-state index is 14.2. The zero-order valence-electron chi connectivity index (χ0n) is 17.1. The number of hydrogen-bond acceptors (Lipinski definition) is 3. The van der Waals surface area contributed by atoms with E-state index in [1.165, 1.54) is 13.2 Å². The van der Waals surface area contributed by atoms with Crippen molar-refractivity contribution < 1.29 is 13.9 Å². The van der Waals surface area contributed by atoms with Gasteiger partial charge in [0.25, 0.3) is 0 Å². The summed E-state index contributed by atoms with van der Waals surface area (Å²) in [4.78, 5) is 16.6. The number of aryl methyl sites for hydroxylation is 1. The standard InChI is InChI=1S/C25H23FN2O2/c1-3-7-23-27-24-21(26)10-6-11-22(24)28(23)16-17-12-14-18(15-13-17)19-8-4-5-9-20(19)25(29)30-2/h4-6,8-15H,3,7,16H2,1-2H3. The molecule has 0 unspecified atom stereocenters. The van der Waals surface area contributed by atoms with E-state index >= 15 is 0 Å². The molecule has 3 aromatic carbocycles. The molecule has 0 bridgehead atoms. The minimum absolute atomic E-state index is 0.293. The first-order valence-electron chi connectivity index (χ1n) is 10.0. The minimum Gasteiger partial charge on any atom is -0.465 e. The maximum atomic E-state index is 14.2. The third kappa shape index (κ3) is 3.71. The van der Waals surface area contributed by atoms with Gasteiger partial charge in [-0.25, -0.2) is 14.2 Å². The average molecular weight is 402 g/mol. The lowest BCUT2D eigenvalue weighted by Crippen LogP contribution is -2.05. The first-order chi connectivity index (χ1) is 14.6. The van der Waals surface area contributed by atoms with E-state index in [1.807, 2.05) is 48.5 Å². The number of esters is 1. The summed E-state index contributed by atoms with van der Waals surface area (Å²) in [5, 5.41) is 0. The summed E-state index contributed by atoms with van der Waals surface area (Å²) in [6.45, 7) is 2.70. The van der Waals surface area contributed by atoms with Crippen LogP contribution in [0.25, 0.3) is 22.2 Å². The molecule has 1 aromatic heterocycles. The van der Waals surface area contributed by atoms with Gasteiger partial charge in [0, 0.05) is 13.0 Å². The van der Waals surface area contributed by atoms with E-state index in [0.29, 0.717) is 17.6 Å². The largest absolute Gasteiger partial charge is 0.465 e. The van der Waals surface area contributed by atoms with Crippen molar-refractivity contribution in [1.82, 2.24) is 9.55 Å². The fourth-order valence-corrected chi connectivity index (χ4v) is 3.75. The Morgan fingerprint density at radius 3 is 2.53 bits per heavy atom. The smallest absolute Gasteiger partial charge is 0.338 e. The molecule has 30 heavy (non-hydrogen) atoms. The first-order valence-corrected chi connectivity index (χ1v) is 10.0. The third-order valence-corrected chi connectivity index (χ3v) is 5.22. The molecule has 4 nitrogen and oxygen atoms in total. The molecule has 4 rings (SSSR count). The number of carbonyl (C=O) groups excluding carboxylic acids is 1. The van der Waals surface area contributed by atoms with Gasteiger partial charge in [-0.3, -0.25) is 0 Å². The predicted molar refractivity (Wildman–Crippen MR) is 116 cm³/mol. The van der Waals surface area contributed by atoms with Crippen molar-refractivity contribution in [1.29, 1.82) is 0 Å². The molecule has 0 N–H and O–H groups in total. The highest BCUT2D eigenvalue weighted by molar-refractivity contribution is 5.97. The Kier molecular flexibility index (Phi) is 5.61. The topological polar surface area (TPSA) is 44.1 Å². The van der Waals surface area contributed by atoms with Crippen LogP contribution in [0.3, 0.4) is 0 Å². The Balaban J connectivity index is 1.68. The molecule has 0 aliphatic carbocycles. The first kappa shape index (κ1) is 19.8.